The standard InChI is InChI=1S/C18H24N4O2/c1-18(2,3)24-17(23)22-10-8-21(9-11-22)16-14-7-5-4-6-13(14)15(19)12-20-16/h4-7,12H,8-11,19H2,1-3H3. The third kappa shape index (κ3) is 3.37. The molecule has 128 valence electrons. The molecule has 1 aromatic heterocycles. The molecule has 3 rings (SSSR count). The summed E-state index contributed by atoms with van der Waals surface area (Å²) < 4.78 is 5.44. The summed E-state index contributed by atoms with van der Waals surface area (Å²) in [6, 6.07) is 8.01. The molecule has 2 N–H and O–H groups in total. The van der Waals surface area contributed by atoms with Crippen molar-refractivity contribution in [1.82, 2.24) is 9.88 Å². The molecule has 0 bridgehead atoms. The molecule has 2 aromatic rings. The maximum atomic E-state index is 12.2. The molecule has 1 fully saturated rings. The Bertz CT molecular complexity index is 746. The van der Waals surface area contributed by atoms with Gasteiger partial charge in [0.05, 0.1) is 11.9 Å². The number of nitrogens with zero attached hydrogens (tertiary/aromatic N) is 3. The molecule has 1 aliphatic rings. The van der Waals surface area contributed by atoms with Crippen molar-refractivity contribution in [2.45, 2.75) is 26.4 Å². The molecule has 1 aromatic carbocycles. The topological polar surface area (TPSA) is 71.7 Å². The number of piperazine rings is 1. The van der Waals surface area contributed by atoms with Gasteiger partial charge in [0.1, 0.15) is 11.4 Å². The molecule has 0 unspecified atom stereocenters. The molecule has 0 spiro atoms. The van der Waals surface area contributed by atoms with E-state index in [0.29, 0.717) is 18.8 Å². The Morgan fingerprint density at radius 2 is 1.75 bits per heavy atom. The number of rotatable bonds is 1. The fraction of sp³-hybridized carbons (Fsp3) is 0.444. The van der Waals surface area contributed by atoms with Gasteiger partial charge in [-0.15, -0.1) is 0 Å². The number of carbonyl (C=O) groups excluding carboxylic acids is 1. The molecule has 0 aliphatic carbocycles. The highest BCUT2D eigenvalue weighted by atomic mass is 16.6. The Morgan fingerprint density at radius 1 is 1.12 bits per heavy atom. The number of hydrogen-bond acceptors (Lipinski definition) is 5. The Balaban J connectivity index is 1.74. The molecule has 2 heterocycles. The minimum atomic E-state index is -0.469. The summed E-state index contributed by atoms with van der Waals surface area (Å²) in [5.41, 5.74) is 6.24. The first-order valence-corrected chi connectivity index (χ1v) is 8.21. The van der Waals surface area contributed by atoms with Crippen LogP contribution in [0.25, 0.3) is 10.8 Å². The summed E-state index contributed by atoms with van der Waals surface area (Å²) in [5.74, 6) is 0.920. The van der Waals surface area contributed by atoms with Crippen LogP contribution in [0, 0.1) is 0 Å². The van der Waals surface area contributed by atoms with E-state index in [0.717, 1.165) is 29.7 Å². The zero-order chi connectivity index (χ0) is 17.3. The van der Waals surface area contributed by atoms with Gasteiger partial charge in [-0.2, -0.15) is 0 Å². The Hall–Kier alpha value is -2.50. The number of ether oxygens (including phenoxy) is 1. The third-order valence-electron chi connectivity index (χ3n) is 4.04. The van der Waals surface area contributed by atoms with Gasteiger partial charge in [-0.05, 0) is 20.8 Å². The quantitative estimate of drug-likeness (QED) is 0.871. The zero-order valence-corrected chi connectivity index (χ0v) is 14.5. The Labute approximate surface area is 142 Å². The largest absolute Gasteiger partial charge is 0.444 e. The van der Waals surface area contributed by atoms with E-state index >= 15 is 0 Å². The fourth-order valence-corrected chi connectivity index (χ4v) is 2.88. The Kier molecular flexibility index (Phi) is 4.22. The van der Waals surface area contributed by atoms with Gasteiger partial charge >= 0.3 is 6.09 Å². The van der Waals surface area contributed by atoms with Crippen LogP contribution in [-0.2, 0) is 4.74 Å². The summed E-state index contributed by atoms with van der Waals surface area (Å²) in [7, 11) is 0. The average molecular weight is 328 g/mol. The van der Waals surface area contributed by atoms with Crippen molar-refractivity contribution in [1.29, 1.82) is 0 Å². The second kappa shape index (κ2) is 6.19. The lowest BCUT2D eigenvalue weighted by Crippen LogP contribution is -2.50. The fourth-order valence-electron chi connectivity index (χ4n) is 2.88. The number of benzene rings is 1. The molecule has 1 amide bonds. The zero-order valence-electron chi connectivity index (χ0n) is 14.5. The first-order valence-electron chi connectivity index (χ1n) is 8.21. The number of pyridine rings is 1. The van der Waals surface area contributed by atoms with Crippen molar-refractivity contribution < 1.29 is 9.53 Å². The van der Waals surface area contributed by atoms with Crippen LogP contribution in [0.15, 0.2) is 30.5 Å². The monoisotopic (exact) mass is 328 g/mol. The number of anilines is 2. The number of amides is 1. The summed E-state index contributed by atoms with van der Waals surface area (Å²) in [5, 5.41) is 2.06. The van der Waals surface area contributed by atoms with E-state index in [1.54, 1.807) is 11.1 Å². The third-order valence-corrected chi connectivity index (χ3v) is 4.04. The van der Waals surface area contributed by atoms with E-state index in [1.807, 2.05) is 45.0 Å². The van der Waals surface area contributed by atoms with Gasteiger partial charge < -0.3 is 20.3 Å². The van der Waals surface area contributed by atoms with Crippen LogP contribution in [0.3, 0.4) is 0 Å². The lowest BCUT2D eigenvalue weighted by atomic mass is 10.1. The highest BCUT2D eigenvalue weighted by Gasteiger charge is 2.26. The second-order valence-electron chi connectivity index (χ2n) is 7.04. The highest BCUT2D eigenvalue weighted by molar-refractivity contribution is 5.99. The van der Waals surface area contributed by atoms with Crippen molar-refractivity contribution >= 4 is 28.4 Å². The number of hydrogen-bond donors (Lipinski definition) is 1. The van der Waals surface area contributed by atoms with Crippen LogP contribution in [0.2, 0.25) is 0 Å². The van der Waals surface area contributed by atoms with Crippen LogP contribution in [0.4, 0.5) is 16.3 Å². The van der Waals surface area contributed by atoms with E-state index in [4.69, 9.17) is 10.5 Å². The number of nitrogen functional groups attached to an aromatic ring is 1. The average Bonchev–Trinajstić information content (AvgIpc) is 2.54. The minimum absolute atomic E-state index is 0.253. The number of fused-ring (bicyclic) bond motifs is 1. The molecule has 1 aliphatic heterocycles. The number of aromatic nitrogens is 1. The van der Waals surface area contributed by atoms with Gasteiger partial charge in [-0.3, -0.25) is 0 Å². The molecular weight excluding hydrogens is 304 g/mol. The normalized spacial score (nSPS) is 15.6. The first kappa shape index (κ1) is 16.4. The van der Waals surface area contributed by atoms with Crippen molar-refractivity contribution in [3.05, 3.63) is 30.5 Å². The predicted octanol–water partition coefficient (Wildman–Crippen LogP) is 2.87. The van der Waals surface area contributed by atoms with E-state index in [1.165, 1.54) is 0 Å². The van der Waals surface area contributed by atoms with Crippen molar-refractivity contribution in [2.75, 3.05) is 36.8 Å². The van der Waals surface area contributed by atoms with Crippen LogP contribution in [0.5, 0.6) is 0 Å². The second-order valence-corrected chi connectivity index (χ2v) is 7.04. The van der Waals surface area contributed by atoms with Crippen LogP contribution in [-0.4, -0.2) is 47.8 Å². The van der Waals surface area contributed by atoms with Crippen molar-refractivity contribution in [3.63, 3.8) is 0 Å². The lowest BCUT2D eigenvalue weighted by Gasteiger charge is -2.36. The first-order chi connectivity index (χ1) is 11.3. The predicted molar refractivity (Wildman–Crippen MR) is 96.2 cm³/mol. The SMILES string of the molecule is CC(C)(C)OC(=O)N1CCN(c2ncc(N)c3ccccc23)CC1. The van der Waals surface area contributed by atoms with Gasteiger partial charge in [0.25, 0.3) is 0 Å². The minimum Gasteiger partial charge on any atom is -0.444 e. The molecule has 6 heteroatoms. The van der Waals surface area contributed by atoms with Crippen LogP contribution >= 0.6 is 0 Å². The van der Waals surface area contributed by atoms with Gasteiger partial charge in [0.2, 0.25) is 0 Å². The Morgan fingerprint density at radius 3 is 2.38 bits per heavy atom. The van der Waals surface area contributed by atoms with Gasteiger partial charge in [0.15, 0.2) is 0 Å². The molecular formula is C18H24N4O2. The van der Waals surface area contributed by atoms with Gasteiger partial charge in [0, 0.05) is 37.0 Å². The summed E-state index contributed by atoms with van der Waals surface area (Å²) >= 11 is 0. The van der Waals surface area contributed by atoms with E-state index in [9.17, 15) is 4.79 Å². The van der Waals surface area contributed by atoms with Gasteiger partial charge in [-0.25, -0.2) is 9.78 Å². The summed E-state index contributed by atoms with van der Waals surface area (Å²) in [6.45, 7) is 8.33. The lowest BCUT2D eigenvalue weighted by molar-refractivity contribution is 0.0240. The molecule has 0 saturated carbocycles. The van der Waals surface area contributed by atoms with Gasteiger partial charge in [-0.1, -0.05) is 24.3 Å². The van der Waals surface area contributed by atoms with E-state index < -0.39 is 5.60 Å². The van der Waals surface area contributed by atoms with Crippen LogP contribution < -0.4 is 10.6 Å². The smallest absolute Gasteiger partial charge is 0.410 e. The maximum Gasteiger partial charge on any atom is 0.410 e. The summed E-state index contributed by atoms with van der Waals surface area (Å²) in [6.07, 6.45) is 1.45. The van der Waals surface area contributed by atoms with Crippen LogP contribution in [0.1, 0.15) is 20.8 Å². The number of carbonyl (C=O) groups is 1. The molecule has 1 saturated heterocycles. The maximum absolute atomic E-state index is 12.2. The van der Waals surface area contributed by atoms with E-state index in [2.05, 4.69) is 9.88 Å². The molecule has 0 atom stereocenters. The van der Waals surface area contributed by atoms with Crippen molar-refractivity contribution in [2.24, 2.45) is 0 Å². The molecule has 0 radical (unpaired) electrons. The van der Waals surface area contributed by atoms with Crippen molar-refractivity contribution in [3.8, 4) is 0 Å². The molecule has 24 heavy (non-hydrogen) atoms. The van der Waals surface area contributed by atoms with E-state index in [-0.39, 0.29) is 6.09 Å². The molecule has 6 nitrogen and oxygen atoms in total. The highest BCUT2D eigenvalue weighted by Crippen LogP contribution is 2.29. The number of nitrogens with two attached hydrogens (primary N) is 1. The summed E-state index contributed by atoms with van der Waals surface area (Å²) in [4.78, 5) is 20.6.